The van der Waals surface area contributed by atoms with Crippen molar-refractivity contribution in [2.45, 2.75) is 59.0 Å². The van der Waals surface area contributed by atoms with Crippen LogP contribution in [0.5, 0.6) is 0 Å². The van der Waals surface area contributed by atoms with Crippen LogP contribution in [0.25, 0.3) is 10.9 Å². The molecule has 0 radical (unpaired) electrons. The number of nitrogens with zero attached hydrogens (tertiary/aromatic N) is 1. The van der Waals surface area contributed by atoms with Crippen LogP contribution in [0, 0.1) is 0 Å². The molecule has 1 heterocycles. The Balaban J connectivity index is 2.49. The molecule has 0 saturated carbocycles. The summed E-state index contributed by atoms with van der Waals surface area (Å²) in [5, 5.41) is 13.1. The predicted molar refractivity (Wildman–Crippen MR) is 106 cm³/mol. The van der Waals surface area contributed by atoms with Gasteiger partial charge in [0.15, 0.2) is 0 Å². The van der Waals surface area contributed by atoms with Crippen molar-refractivity contribution < 1.29 is 24.2 Å². The van der Waals surface area contributed by atoms with Gasteiger partial charge in [0, 0.05) is 16.4 Å². The number of carboxylic acid groups (broad SMARTS) is 1. The van der Waals surface area contributed by atoms with Gasteiger partial charge in [0.05, 0.1) is 12.0 Å². The van der Waals surface area contributed by atoms with Crippen LogP contribution in [0.1, 0.15) is 57.6 Å². The van der Waals surface area contributed by atoms with Gasteiger partial charge in [0.2, 0.25) is 5.91 Å². The minimum atomic E-state index is -1.12. The van der Waals surface area contributed by atoms with E-state index in [0.29, 0.717) is 16.5 Å². The molecule has 152 valence electrons. The van der Waals surface area contributed by atoms with Gasteiger partial charge in [0.25, 0.3) is 0 Å². The molecule has 0 aliphatic rings. The molecule has 2 N–H and O–H groups in total. The zero-order valence-corrected chi connectivity index (χ0v) is 17.3. The number of aromatic carboxylic acids is 1. The summed E-state index contributed by atoms with van der Waals surface area (Å²) in [6.07, 6.45) is 0. The zero-order chi connectivity index (χ0) is 21.3. The first-order chi connectivity index (χ1) is 12.9. The highest BCUT2D eigenvalue weighted by molar-refractivity contribution is 5.96. The van der Waals surface area contributed by atoms with E-state index in [1.165, 1.54) is 10.6 Å². The fourth-order valence-electron chi connectivity index (χ4n) is 3.04. The average molecular weight is 388 g/mol. The molecule has 7 heteroatoms. The van der Waals surface area contributed by atoms with Gasteiger partial charge in [-0.2, -0.15) is 0 Å². The molecular weight excluding hydrogens is 360 g/mol. The van der Waals surface area contributed by atoms with Crippen LogP contribution in [0.15, 0.2) is 24.3 Å². The number of hydrogen-bond donors (Lipinski definition) is 2. The molecule has 0 bridgehead atoms. The Morgan fingerprint density at radius 3 is 2.29 bits per heavy atom. The highest BCUT2D eigenvalue weighted by Crippen LogP contribution is 2.30. The smallest absolute Gasteiger partial charge is 0.352 e. The third-order valence-electron chi connectivity index (χ3n) is 4.44. The van der Waals surface area contributed by atoms with Crippen molar-refractivity contribution in [3.05, 3.63) is 35.5 Å². The lowest BCUT2D eigenvalue weighted by molar-refractivity contribution is -0.148. The van der Waals surface area contributed by atoms with Crippen LogP contribution in [0.2, 0.25) is 0 Å². The highest BCUT2D eigenvalue weighted by atomic mass is 16.5. The number of carbonyl (C=O) groups is 3. The van der Waals surface area contributed by atoms with E-state index in [1.807, 2.05) is 20.8 Å². The van der Waals surface area contributed by atoms with Gasteiger partial charge in [-0.15, -0.1) is 0 Å². The maximum Gasteiger partial charge on any atom is 0.352 e. The number of amides is 1. The monoisotopic (exact) mass is 388 g/mol. The number of carbonyl (C=O) groups excluding carboxylic acids is 2. The second-order valence-corrected chi connectivity index (χ2v) is 8.34. The number of aromatic nitrogens is 1. The maximum atomic E-state index is 12.3. The minimum Gasteiger partial charge on any atom is -0.477 e. The third kappa shape index (κ3) is 4.52. The summed E-state index contributed by atoms with van der Waals surface area (Å²) in [5.41, 5.74) is 0.0567. The molecule has 28 heavy (non-hydrogen) atoms. The Morgan fingerprint density at radius 1 is 1.11 bits per heavy atom. The fraction of sp³-hybridized carbons (Fsp3) is 0.476. The molecule has 2 aromatic rings. The number of carboxylic acids is 1. The van der Waals surface area contributed by atoms with Crippen molar-refractivity contribution in [2.24, 2.45) is 0 Å². The summed E-state index contributed by atoms with van der Waals surface area (Å²) >= 11 is 0. The number of rotatable bonds is 6. The van der Waals surface area contributed by atoms with Crippen LogP contribution in [0.3, 0.4) is 0 Å². The lowest BCUT2D eigenvalue weighted by Gasteiger charge is -2.23. The number of hydrogen-bond acceptors (Lipinski definition) is 4. The van der Waals surface area contributed by atoms with Gasteiger partial charge in [-0.3, -0.25) is 9.59 Å². The minimum absolute atomic E-state index is 0.0187. The lowest BCUT2D eigenvalue weighted by atomic mass is 9.84. The number of nitrogens with one attached hydrogen (secondary N) is 1. The normalized spacial score (nSPS) is 12.1. The Kier molecular flexibility index (Phi) is 5.87. The molecule has 0 aliphatic carbocycles. The van der Waals surface area contributed by atoms with Gasteiger partial charge in [-0.25, -0.2) is 4.79 Å². The Morgan fingerprint density at radius 2 is 1.75 bits per heavy atom. The van der Waals surface area contributed by atoms with E-state index in [1.54, 1.807) is 39.0 Å². The second-order valence-electron chi connectivity index (χ2n) is 8.34. The highest BCUT2D eigenvalue weighted by Gasteiger charge is 2.32. The summed E-state index contributed by atoms with van der Waals surface area (Å²) in [6, 6.07) is 6.80. The van der Waals surface area contributed by atoms with Gasteiger partial charge < -0.3 is 19.7 Å². The van der Waals surface area contributed by atoms with Crippen LogP contribution >= 0.6 is 0 Å². The molecule has 1 aromatic carbocycles. The van der Waals surface area contributed by atoms with E-state index in [4.69, 9.17) is 4.74 Å². The Labute approximate surface area is 164 Å². The van der Waals surface area contributed by atoms with Gasteiger partial charge in [-0.05, 0) is 65.3 Å². The molecule has 0 fully saturated rings. The molecule has 0 spiro atoms. The molecular formula is C21H28N2O5. The lowest BCUT2D eigenvalue weighted by Crippen LogP contribution is -2.42. The quantitative estimate of drug-likeness (QED) is 0.741. The first-order valence-corrected chi connectivity index (χ1v) is 9.22. The number of fused-ring (bicyclic) bond motifs is 1. The van der Waals surface area contributed by atoms with Crippen LogP contribution in [-0.4, -0.2) is 39.7 Å². The number of ether oxygens (including phenoxy) is 1. The number of esters is 1. The van der Waals surface area contributed by atoms with Crippen molar-refractivity contribution >= 4 is 28.7 Å². The van der Waals surface area contributed by atoms with Crippen LogP contribution in [0.4, 0.5) is 0 Å². The van der Waals surface area contributed by atoms with Gasteiger partial charge in [0.1, 0.15) is 12.2 Å². The predicted octanol–water partition coefficient (Wildman–Crippen LogP) is 3.09. The molecule has 1 amide bonds. The van der Waals surface area contributed by atoms with Crippen molar-refractivity contribution in [3.8, 4) is 0 Å². The second kappa shape index (κ2) is 7.66. The van der Waals surface area contributed by atoms with E-state index in [2.05, 4.69) is 5.32 Å². The van der Waals surface area contributed by atoms with Gasteiger partial charge >= 0.3 is 11.9 Å². The maximum absolute atomic E-state index is 12.3. The summed E-state index contributed by atoms with van der Waals surface area (Å²) in [6.45, 7) is 11.0. The summed E-state index contributed by atoms with van der Waals surface area (Å²) in [7, 11) is 0. The van der Waals surface area contributed by atoms with E-state index in [-0.39, 0.29) is 30.7 Å². The Bertz CT molecular complexity index is 919. The van der Waals surface area contributed by atoms with E-state index in [9.17, 15) is 19.5 Å². The molecule has 0 saturated heterocycles. The summed E-state index contributed by atoms with van der Waals surface area (Å²) in [5.74, 6) is -1.74. The first kappa shape index (κ1) is 21.5. The van der Waals surface area contributed by atoms with Crippen LogP contribution in [-0.2, 0) is 26.3 Å². The zero-order valence-electron chi connectivity index (χ0n) is 17.3. The molecule has 7 nitrogen and oxygen atoms in total. The number of benzene rings is 1. The van der Waals surface area contributed by atoms with E-state index < -0.39 is 16.9 Å². The molecule has 2 rings (SSSR count). The molecule has 0 aliphatic heterocycles. The topological polar surface area (TPSA) is 97.6 Å². The van der Waals surface area contributed by atoms with E-state index in [0.717, 1.165) is 0 Å². The average Bonchev–Trinajstić information content (AvgIpc) is 2.91. The van der Waals surface area contributed by atoms with Crippen molar-refractivity contribution in [1.29, 1.82) is 0 Å². The standard InChI is InChI=1S/C21H28N2O5/c1-7-28-19(27)21(5,6)14-8-9-15-13(10-14)11-16(18(25)26)23(15)12-17(24)22-20(2,3)4/h8-11H,7,12H2,1-6H3,(H,22,24)(H,25,26). The van der Waals surface area contributed by atoms with Crippen molar-refractivity contribution in [3.63, 3.8) is 0 Å². The summed E-state index contributed by atoms with van der Waals surface area (Å²) < 4.78 is 6.62. The fourth-order valence-corrected chi connectivity index (χ4v) is 3.04. The molecule has 0 atom stereocenters. The van der Waals surface area contributed by atoms with Crippen LogP contribution < -0.4 is 5.32 Å². The largest absolute Gasteiger partial charge is 0.477 e. The third-order valence-corrected chi connectivity index (χ3v) is 4.44. The Hall–Kier alpha value is -2.83. The SMILES string of the molecule is CCOC(=O)C(C)(C)c1ccc2c(c1)cc(C(=O)O)n2CC(=O)NC(C)(C)C. The van der Waals surface area contributed by atoms with Crippen molar-refractivity contribution in [2.75, 3.05) is 6.61 Å². The van der Waals surface area contributed by atoms with Crippen molar-refractivity contribution in [1.82, 2.24) is 9.88 Å². The van der Waals surface area contributed by atoms with Gasteiger partial charge in [-0.1, -0.05) is 6.07 Å². The van der Waals surface area contributed by atoms with E-state index >= 15 is 0 Å². The summed E-state index contributed by atoms with van der Waals surface area (Å²) in [4.78, 5) is 36.3. The molecule has 0 unspecified atom stereocenters. The first-order valence-electron chi connectivity index (χ1n) is 9.22. The molecule has 1 aromatic heterocycles.